The number of halogens is 1. The van der Waals surface area contributed by atoms with Crippen LogP contribution in [0, 0.1) is 5.41 Å². The van der Waals surface area contributed by atoms with Crippen LogP contribution in [0.1, 0.15) is 50.4 Å². The topological polar surface area (TPSA) is 71.4 Å². The van der Waals surface area contributed by atoms with Gasteiger partial charge in [0.1, 0.15) is 6.54 Å². The third-order valence-corrected chi connectivity index (χ3v) is 5.69. The van der Waals surface area contributed by atoms with Gasteiger partial charge in [0.2, 0.25) is 0 Å². The van der Waals surface area contributed by atoms with Crippen molar-refractivity contribution in [3.8, 4) is 0 Å². The molecule has 2 rings (SSSR count). The Labute approximate surface area is 146 Å². The summed E-state index contributed by atoms with van der Waals surface area (Å²) >= 11 is 6.42. The van der Waals surface area contributed by atoms with Crippen LogP contribution in [0.5, 0.6) is 0 Å². The van der Waals surface area contributed by atoms with Crippen molar-refractivity contribution < 1.29 is 23.5 Å². The van der Waals surface area contributed by atoms with Crippen molar-refractivity contribution >= 4 is 29.4 Å². The number of quaternary nitrogens is 1. The minimum atomic E-state index is -1.33. The molecule has 130 valence electrons. The Kier molecular flexibility index (Phi) is 4.88. The van der Waals surface area contributed by atoms with Gasteiger partial charge in [-0.2, -0.15) is 4.79 Å². The fourth-order valence-electron chi connectivity index (χ4n) is 3.76. The van der Waals surface area contributed by atoms with Crippen LogP contribution in [-0.2, 0) is 4.79 Å². The summed E-state index contributed by atoms with van der Waals surface area (Å²) in [5, 5.41) is 9.69. The Bertz CT molecular complexity index is 677. The minimum absolute atomic E-state index is 0.113. The van der Waals surface area contributed by atoms with Crippen LogP contribution in [-0.4, -0.2) is 38.9 Å². The third kappa shape index (κ3) is 2.76. The molecule has 0 aromatic heterocycles. The minimum Gasteiger partial charge on any atom is -0.434 e. The van der Waals surface area contributed by atoms with Crippen LogP contribution in [0.3, 0.4) is 0 Å². The number of carbonyl (C=O) groups excluding carboxylic acids is 2. The second-order valence-corrected chi connectivity index (χ2v) is 7.61. The molecule has 1 aliphatic rings. The van der Waals surface area contributed by atoms with Crippen molar-refractivity contribution in [2.75, 3.05) is 6.54 Å². The average Bonchev–Trinajstić information content (AvgIpc) is 2.77. The van der Waals surface area contributed by atoms with Crippen LogP contribution in [0.15, 0.2) is 30.3 Å². The van der Waals surface area contributed by atoms with E-state index in [9.17, 15) is 19.5 Å². The lowest BCUT2D eigenvalue weighted by Crippen LogP contribution is -2.59. The normalized spacial score (nSPS) is 32.5. The molecule has 1 saturated heterocycles. The highest BCUT2D eigenvalue weighted by Gasteiger charge is 2.70. The second-order valence-electron chi connectivity index (χ2n) is 7.04. The average molecular weight is 353 g/mol. The van der Waals surface area contributed by atoms with Gasteiger partial charge in [-0.05, 0) is 13.3 Å². The first kappa shape index (κ1) is 18.6. The van der Waals surface area contributed by atoms with E-state index >= 15 is 0 Å². The Morgan fingerprint density at radius 1 is 1.21 bits per heavy atom. The van der Waals surface area contributed by atoms with Crippen molar-refractivity contribution in [1.82, 2.24) is 0 Å². The number of nitrogens with zero attached hydrogens (tertiary/aromatic N) is 1. The fourth-order valence-corrected chi connectivity index (χ4v) is 4.18. The molecule has 0 spiro atoms. The summed E-state index contributed by atoms with van der Waals surface area (Å²) in [5.74, 6) is -0.396. The number of Topliss-reactive ketones (excluding diaryl/α,β-unsaturated/α-hetero) is 2. The Morgan fingerprint density at radius 2 is 1.79 bits per heavy atom. The molecule has 6 heteroatoms. The van der Waals surface area contributed by atoms with Crippen LogP contribution in [0.2, 0.25) is 0 Å². The zero-order valence-electron chi connectivity index (χ0n) is 14.2. The molecular weight excluding hydrogens is 330 g/mol. The Balaban J connectivity index is 2.47. The highest BCUT2D eigenvalue weighted by atomic mass is 35.5. The maximum Gasteiger partial charge on any atom is 0.532 e. The Hall–Kier alpha value is -1.72. The summed E-state index contributed by atoms with van der Waals surface area (Å²) in [6.45, 7) is 5.00. The number of hydrogen-bond donors (Lipinski definition) is 1. The molecule has 3 atom stereocenters. The number of rotatable bonds is 5. The predicted octanol–water partition coefficient (Wildman–Crippen LogP) is 4.06. The quantitative estimate of drug-likeness (QED) is 0.640. The van der Waals surface area contributed by atoms with Gasteiger partial charge in [0.15, 0.2) is 28.9 Å². The SMILES string of the molecule is CCCC(=O)[C@@]1(C)CC(C)(C(=O)c2ccccc2)C[N+]1(Cl)C(=O)O. The van der Waals surface area contributed by atoms with Gasteiger partial charge >= 0.3 is 6.09 Å². The zero-order valence-corrected chi connectivity index (χ0v) is 15.0. The van der Waals surface area contributed by atoms with Crippen molar-refractivity contribution in [1.29, 1.82) is 0 Å². The number of amides is 1. The zero-order chi connectivity index (χ0) is 18.2. The highest BCUT2D eigenvalue weighted by Crippen LogP contribution is 2.51. The third-order valence-electron chi connectivity index (χ3n) is 5.05. The molecule has 1 aromatic carbocycles. The molecule has 0 radical (unpaired) electrons. The van der Waals surface area contributed by atoms with Gasteiger partial charge in [-0.25, -0.2) is 0 Å². The maximum absolute atomic E-state index is 13.0. The monoisotopic (exact) mass is 352 g/mol. The summed E-state index contributed by atoms with van der Waals surface area (Å²) in [6.07, 6.45) is -0.337. The second kappa shape index (κ2) is 6.30. The molecule has 0 saturated carbocycles. The number of hydrogen-bond acceptors (Lipinski definition) is 3. The number of likely N-dealkylation sites (tertiary alicyclic amines) is 1. The van der Waals surface area contributed by atoms with Gasteiger partial charge in [0, 0.05) is 25.3 Å². The van der Waals surface area contributed by atoms with Gasteiger partial charge < -0.3 is 5.11 Å². The molecule has 2 unspecified atom stereocenters. The molecule has 24 heavy (non-hydrogen) atoms. The first-order valence-electron chi connectivity index (χ1n) is 8.05. The van der Waals surface area contributed by atoms with E-state index in [-0.39, 0.29) is 31.0 Å². The van der Waals surface area contributed by atoms with E-state index in [1.807, 2.05) is 13.0 Å². The van der Waals surface area contributed by atoms with Crippen LogP contribution in [0.4, 0.5) is 4.79 Å². The van der Waals surface area contributed by atoms with Crippen molar-refractivity contribution in [2.45, 2.75) is 45.6 Å². The molecule has 1 heterocycles. The van der Waals surface area contributed by atoms with Gasteiger partial charge in [-0.3, -0.25) is 9.59 Å². The molecule has 0 bridgehead atoms. The lowest BCUT2D eigenvalue weighted by molar-refractivity contribution is -0.771. The first-order chi connectivity index (χ1) is 11.1. The van der Waals surface area contributed by atoms with Crippen molar-refractivity contribution in [2.24, 2.45) is 5.41 Å². The largest absolute Gasteiger partial charge is 0.532 e. The van der Waals surface area contributed by atoms with Crippen LogP contribution < -0.4 is 0 Å². The summed E-state index contributed by atoms with van der Waals surface area (Å²) in [7, 11) is 0. The molecule has 0 aliphatic carbocycles. The summed E-state index contributed by atoms with van der Waals surface area (Å²) in [4.78, 5) is 37.5. The summed E-state index contributed by atoms with van der Waals surface area (Å²) < 4.78 is -0.971. The smallest absolute Gasteiger partial charge is 0.434 e. The van der Waals surface area contributed by atoms with Gasteiger partial charge in [-0.15, -0.1) is 4.00 Å². The van der Waals surface area contributed by atoms with Crippen LogP contribution in [0.25, 0.3) is 0 Å². The maximum atomic E-state index is 13.0. The van der Waals surface area contributed by atoms with E-state index in [1.165, 1.54) is 0 Å². The van der Waals surface area contributed by atoms with Crippen molar-refractivity contribution in [3.05, 3.63) is 35.9 Å². The number of ketones is 2. The molecule has 1 aliphatic heterocycles. The Morgan fingerprint density at radius 3 is 2.29 bits per heavy atom. The highest BCUT2D eigenvalue weighted by molar-refractivity contribution is 6.14. The van der Waals surface area contributed by atoms with Gasteiger partial charge in [-0.1, -0.05) is 37.3 Å². The van der Waals surface area contributed by atoms with E-state index in [4.69, 9.17) is 11.8 Å². The molecule has 1 N–H and O–H groups in total. The van der Waals surface area contributed by atoms with E-state index in [0.717, 1.165) is 0 Å². The number of benzene rings is 1. The summed E-state index contributed by atoms with van der Waals surface area (Å²) in [6, 6.07) is 8.71. The van der Waals surface area contributed by atoms with Gasteiger partial charge in [0.25, 0.3) is 0 Å². The van der Waals surface area contributed by atoms with E-state index in [0.29, 0.717) is 12.0 Å². The lowest BCUT2D eigenvalue weighted by Gasteiger charge is -2.33. The summed E-state index contributed by atoms with van der Waals surface area (Å²) in [5.41, 5.74) is -1.84. The molecular formula is C18H23ClNO4+. The fraction of sp³-hybridized carbons (Fsp3) is 0.500. The van der Waals surface area contributed by atoms with E-state index < -0.39 is 21.0 Å². The molecule has 1 amide bonds. The molecule has 5 nitrogen and oxygen atoms in total. The van der Waals surface area contributed by atoms with Crippen molar-refractivity contribution in [3.63, 3.8) is 0 Å². The van der Waals surface area contributed by atoms with E-state index in [1.54, 1.807) is 38.1 Å². The lowest BCUT2D eigenvalue weighted by atomic mass is 9.75. The standard InChI is InChI=1S/C18H22ClNO4/c1-4-8-14(21)18(3)11-17(2,12-20(18,19)16(23)24)15(22)13-9-6-5-7-10-13/h5-7,9-10H,4,8,11-12H2,1-3H3/p+1/t17?,18-,20?/m1/s1. The first-order valence-corrected chi connectivity index (χ1v) is 8.39. The predicted molar refractivity (Wildman–Crippen MR) is 90.8 cm³/mol. The molecule has 1 aromatic rings. The van der Waals surface area contributed by atoms with E-state index in [2.05, 4.69) is 0 Å². The van der Waals surface area contributed by atoms with Gasteiger partial charge in [0.05, 0.1) is 5.41 Å². The van der Waals surface area contributed by atoms with Crippen LogP contribution >= 0.6 is 11.8 Å². The molecule has 1 fully saturated rings. The number of carbonyl (C=O) groups is 3. The number of carboxylic acid groups (broad SMARTS) is 1.